The monoisotopic (exact) mass is 446 g/mol. The normalized spacial score (nSPS) is 11.7. The largest absolute Gasteiger partial charge is 0.422 e. The van der Waals surface area contributed by atoms with Crippen LogP contribution in [0.5, 0.6) is 0 Å². The van der Waals surface area contributed by atoms with E-state index < -0.39 is 0 Å². The molecule has 0 N–H and O–H groups in total. The maximum atomic E-state index is 13.0. The smallest absolute Gasteiger partial charge is 0.336 e. The van der Waals surface area contributed by atoms with Crippen molar-refractivity contribution in [3.8, 4) is 0 Å². The van der Waals surface area contributed by atoms with Crippen LogP contribution in [0.2, 0.25) is 0 Å². The second kappa shape index (κ2) is 7.94. The lowest BCUT2D eigenvalue weighted by Gasteiger charge is -2.11. The van der Waals surface area contributed by atoms with E-state index in [2.05, 4.69) is 10.2 Å². The van der Waals surface area contributed by atoms with Gasteiger partial charge in [0.2, 0.25) is 5.78 Å². The van der Waals surface area contributed by atoms with E-state index >= 15 is 0 Å². The van der Waals surface area contributed by atoms with Crippen LogP contribution in [0.25, 0.3) is 27.6 Å². The highest BCUT2D eigenvalue weighted by atomic mass is 32.2. The fourth-order valence-corrected chi connectivity index (χ4v) is 4.97. The van der Waals surface area contributed by atoms with Gasteiger partial charge in [-0.2, -0.15) is 0 Å². The second-order valence-corrected chi connectivity index (χ2v) is 8.80. The molecule has 0 saturated carbocycles. The van der Waals surface area contributed by atoms with Gasteiger partial charge in [0.05, 0.1) is 10.9 Å². The van der Waals surface area contributed by atoms with Crippen LogP contribution in [0, 0.1) is 13.8 Å². The van der Waals surface area contributed by atoms with Crippen LogP contribution < -0.4 is 11.2 Å². The van der Waals surface area contributed by atoms with E-state index in [9.17, 15) is 9.59 Å². The Morgan fingerprint density at radius 1 is 1.03 bits per heavy atom. The molecule has 0 atom stereocenters. The highest BCUT2D eigenvalue weighted by molar-refractivity contribution is 7.98. The molecule has 8 heteroatoms. The summed E-state index contributed by atoms with van der Waals surface area (Å²) in [5.74, 6) is 1.05. The minimum Gasteiger partial charge on any atom is -0.422 e. The summed E-state index contributed by atoms with van der Waals surface area (Å²) in [6.07, 6.45) is 0.813. The number of nitrogens with zero attached hydrogens (tertiary/aromatic N) is 4. The molecular weight excluding hydrogens is 424 g/mol. The quantitative estimate of drug-likeness (QED) is 0.293. The maximum Gasteiger partial charge on any atom is 0.336 e. The number of hydrogen-bond acceptors (Lipinski definition) is 6. The van der Waals surface area contributed by atoms with E-state index in [1.54, 1.807) is 10.6 Å². The Bertz CT molecular complexity index is 1610. The molecule has 0 unspecified atom stereocenters. The first-order chi connectivity index (χ1) is 15.5. The molecule has 5 aromatic rings. The SMILES string of the molecule is CCCn1c(=O)c2ccccc2n2c(SCc3cc(=O)oc4c(C)c(C)ccc34)nnc12. The van der Waals surface area contributed by atoms with Gasteiger partial charge in [-0.15, -0.1) is 10.2 Å². The molecule has 0 bridgehead atoms. The van der Waals surface area contributed by atoms with E-state index in [4.69, 9.17) is 4.42 Å². The van der Waals surface area contributed by atoms with Crippen molar-refractivity contribution in [3.05, 3.63) is 79.9 Å². The Morgan fingerprint density at radius 3 is 2.66 bits per heavy atom. The van der Waals surface area contributed by atoms with Gasteiger partial charge in [0.15, 0.2) is 5.16 Å². The standard InChI is InChI=1S/C24H22N4O3S/c1-4-11-27-22(30)18-7-5-6-8-19(18)28-23(27)25-26-24(28)32-13-16-12-20(29)31-21-15(3)14(2)9-10-17(16)21/h5-10,12H,4,11,13H2,1-3H3. The molecule has 2 aromatic carbocycles. The van der Waals surface area contributed by atoms with Gasteiger partial charge < -0.3 is 4.42 Å². The van der Waals surface area contributed by atoms with Crippen LogP contribution >= 0.6 is 11.8 Å². The molecule has 3 heterocycles. The number of rotatable bonds is 5. The predicted molar refractivity (Wildman–Crippen MR) is 127 cm³/mol. The van der Waals surface area contributed by atoms with E-state index in [0.29, 0.717) is 34.2 Å². The van der Waals surface area contributed by atoms with Crippen molar-refractivity contribution in [3.63, 3.8) is 0 Å². The van der Waals surface area contributed by atoms with Crippen molar-refractivity contribution >= 4 is 39.4 Å². The van der Waals surface area contributed by atoms with Gasteiger partial charge >= 0.3 is 5.63 Å². The van der Waals surface area contributed by atoms with Gasteiger partial charge in [-0.3, -0.25) is 13.8 Å². The molecule has 0 saturated heterocycles. The van der Waals surface area contributed by atoms with Gasteiger partial charge in [-0.1, -0.05) is 43.0 Å². The number of benzene rings is 2. The minimum absolute atomic E-state index is 0.0589. The van der Waals surface area contributed by atoms with Crippen LogP contribution in [-0.4, -0.2) is 19.2 Å². The second-order valence-electron chi connectivity index (χ2n) is 7.86. The van der Waals surface area contributed by atoms with Crippen LogP contribution in [0.15, 0.2) is 61.6 Å². The maximum absolute atomic E-state index is 13.0. The highest BCUT2D eigenvalue weighted by Crippen LogP contribution is 2.29. The zero-order valence-electron chi connectivity index (χ0n) is 18.1. The molecule has 0 amide bonds. The number of fused-ring (bicyclic) bond motifs is 4. The van der Waals surface area contributed by atoms with Gasteiger partial charge in [-0.25, -0.2) is 4.79 Å². The van der Waals surface area contributed by atoms with Gasteiger partial charge in [0.1, 0.15) is 5.58 Å². The van der Waals surface area contributed by atoms with E-state index in [-0.39, 0.29) is 11.2 Å². The number of para-hydroxylation sites is 1. The predicted octanol–water partition coefficient (Wildman–Crippen LogP) is 4.47. The lowest BCUT2D eigenvalue weighted by atomic mass is 10.0. The lowest BCUT2D eigenvalue weighted by molar-refractivity contribution is 0.557. The molecule has 0 aliphatic carbocycles. The minimum atomic E-state index is -0.366. The van der Waals surface area contributed by atoms with Gasteiger partial charge in [0, 0.05) is 23.8 Å². The molecule has 0 spiro atoms. The fraction of sp³-hybridized carbons (Fsp3) is 0.250. The molecule has 0 aliphatic heterocycles. The first-order valence-corrected chi connectivity index (χ1v) is 11.5. The first kappa shape index (κ1) is 20.5. The highest BCUT2D eigenvalue weighted by Gasteiger charge is 2.17. The third-order valence-corrected chi connectivity index (χ3v) is 6.78. The lowest BCUT2D eigenvalue weighted by Crippen LogP contribution is -2.23. The third-order valence-electron chi connectivity index (χ3n) is 5.80. The summed E-state index contributed by atoms with van der Waals surface area (Å²) in [6.45, 7) is 6.56. The molecule has 7 nitrogen and oxygen atoms in total. The molecular formula is C24H22N4O3S. The molecule has 0 radical (unpaired) electrons. The van der Waals surface area contributed by atoms with Crippen molar-refractivity contribution in [2.24, 2.45) is 0 Å². The van der Waals surface area contributed by atoms with Crippen molar-refractivity contribution < 1.29 is 4.42 Å². The summed E-state index contributed by atoms with van der Waals surface area (Å²) in [5.41, 5.74) is 3.90. The van der Waals surface area contributed by atoms with Crippen molar-refractivity contribution in [1.29, 1.82) is 0 Å². The molecule has 162 valence electrons. The first-order valence-electron chi connectivity index (χ1n) is 10.5. The Morgan fingerprint density at radius 2 is 1.84 bits per heavy atom. The molecule has 32 heavy (non-hydrogen) atoms. The molecule has 0 fully saturated rings. The Hall–Kier alpha value is -3.39. The van der Waals surface area contributed by atoms with Crippen LogP contribution in [0.1, 0.15) is 30.0 Å². The number of aromatic nitrogens is 4. The molecule has 5 rings (SSSR count). The summed E-state index contributed by atoms with van der Waals surface area (Å²) >= 11 is 1.48. The number of aryl methyl sites for hydroxylation is 3. The van der Waals surface area contributed by atoms with Crippen LogP contribution in [0.3, 0.4) is 0 Å². The van der Waals surface area contributed by atoms with Crippen molar-refractivity contribution in [2.75, 3.05) is 0 Å². The van der Waals surface area contributed by atoms with E-state index in [1.165, 1.54) is 11.8 Å². The summed E-state index contributed by atoms with van der Waals surface area (Å²) in [7, 11) is 0. The average Bonchev–Trinajstić information content (AvgIpc) is 3.22. The summed E-state index contributed by atoms with van der Waals surface area (Å²) in [4.78, 5) is 25.2. The summed E-state index contributed by atoms with van der Waals surface area (Å²) < 4.78 is 9.11. The Kier molecular flexibility index (Phi) is 5.09. The zero-order chi connectivity index (χ0) is 22.4. The number of thioether (sulfide) groups is 1. The zero-order valence-corrected chi connectivity index (χ0v) is 18.9. The van der Waals surface area contributed by atoms with Crippen molar-refractivity contribution in [1.82, 2.24) is 19.2 Å². The Balaban J connectivity index is 1.64. The van der Waals surface area contributed by atoms with Crippen LogP contribution in [-0.2, 0) is 12.3 Å². The van der Waals surface area contributed by atoms with E-state index in [1.807, 2.05) is 61.6 Å². The van der Waals surface area contributed by atoms with Gasteiger partial charge in [-0.05, 0) is 49.1 Å². The number of hydrogen-bond donors (Lipinski definition) is 0. The topological polar surface area (TPSA) is 82.4 Å². The molecule has 0 aliphatic rings. The van der Waals surface area contributed by atoms with Crippen LogP contribution in [0.4, 0.5) is 0 Å². The Labute approximate surface area is 187 Å². The molecule has 3 aromatic heterocycles. The fourth-order valence-electron chi connectivity index (χ4n) is 4.04. The summed E-state index contributed by atoms with van der Waals surface area (Å²) in [6, 6.07) is 13.1. The average molecular weight is 447 g/mol. The van der Waals surface area contributed by atoms with Gasteiger partial charge in [0.25, 0.3) is 5.56 Å². The third kappa shape index (κ3) is 3.22. The van der Waals surface area contributed by atoms with E-state index in [0.717, 1.165) is 34.0 Å². The van der Waals surface area contributed by atoms with Crippen molar-refractivity contribution in [2.45, 2.75) is 44.6 Å². The summed E-state index contributed by atoms with van der Waals surface area (Å²) in [5, 5.41) is 11.0.